The molecule has 1 rings (SSSR count). The van der Waals surface area contributed by atoms with Gasteiger partial charge in [0, 0.05) is 38.9 Å². The highest BCUT2D eigenvalue weighted by atomic mass is 16.5. The number of likely N-dealkylation sites (tertiary alicyclic amines) is 1. The van der Waals surface area contributed by atoms with E-state index in [0.29, 0.717) is 25.6 Å². The van der Waals surface area contributed by atoms with E-state index in [4.69, 9.17) is 10.5 Å². The molecule has 1 aliphatic rings. The fourth-order valence-corrected chi connectivity index (χ4v) is 1.97. The summed E-state index contributed by atoms with van der Waals surface area (Å²) in [4.78, 5) is 13.6. The van der Waals surface area contributed by atoms with Gasteiger partial charge in [0.1, 0.15) is 0 Å². The number of nitrogens with one attached hydrogen (secondary N) is 1. The maximum absolute atomic E-state index is 11.6. The van der Waals surface area contributed by atoms with Crippen molar-refractivity contribution in [2.45, 2.75) is 25.8 Å². The second kappa shape index (κ2) is 6.33. The highest BCUT2D eigenvalue weighted by molar-refractivity contribution is 5.78. The van der Waals surface area contributed by atoms with Gasteiger partial charge in [0.05, 0.1) is 6.54 Å². The van der Waals surface area contributed by atoms with Gasteiger partial charge >= 0.3 is 0 Å². The molecule has 5 heteroatoms. The molecule has 1 amide bonds. The van der Waals surface area contributed by atoms with Gasteiger partial charge in [0.15, 0.2) is 0 Å². The van der Waals surface area contributed by atoms with Gasteiger partial charge in [-0.3, -0.25) is 9.69 Å². The Morgan fingerprint density at radius 2 is 2.18 bits per heavy atom. The third-order valence-electron chi connectivity index (χ3n) is 3.40. The van der Waals surface area contributed by atoms with Crippen LogP contribution >= 0.6 is 0 Å². The number of carbonyl (C=O) groups is 1. The van der Waals surface area contributed by atoms with Crippen LogP contribution in [0.15, 0.2) is 0 Å². The van der Waals surface area contributed by atoms with Crippen LogP contribution in [0.1, 0.15) is 20.3 Å². The fourth-order valence-electron chi connectivity index (χ4n) is 1.97. The molecule has 1 aliphatic heterocycles. The minimum atomic E-state index is -0.101. The summed E-state index contributed by atoms with van der Waals surface area (Å²) in [6.07, 6.45) is 0.856. The van der Waals surface area contributed by atoms with Crippen molar-refractivity contribution >= 4 is 5.91 Å². The molecule has 0 bridgehead atoms. The van der Waals surface area contributed by atoms with Gasteiger partial charge in [-0.1, -0.05) is 13.8 Å². The van der Waals surface area contributed by atoms with Crippen LogP contribution in [0, 0.1) is 5.92 Å². The maximum atomic E-state index is 11.6. The number of rotatable bonds is 7. The molecule has 0 radical (unpaired) electrons. The molecule has 0 aliphatic carbocycles. The average molecular weight is 243 g/mol. The predicted octanol–water partition coefficient (Wildman–Crippen LogP) is -0.192. The van der Waals surface area contributed by atoms with E-state index in [9.17, 15) is 4.79 Å². The summed E-state index contributed by atoms with van der Waals surface area (Å²) in [6, 6.07) is 0. The summed E-state index contributed by atoms with van der Waals surface area (Å²) in [5.41, 5.74) is 6.06. The van der Waals surface area contributed by atoms with Crippen molar-refractivity contribution in [1.29, 1.82) is 0 Å². The van der Waals surface area contributed by atoms with E-state index < -0.39 is 0 Å². The molecule has 3 N–H and O–H groups in total. The second-order valence-electron chi connectivity index (χ2n) is 5.23. The highest BCUT2D eigenvalue weighted by Crippen LogP contribution is 2.25. The van der Waals surface area contributed by atoms with E-state index in [1.807, 2.05) is 0 Å². The molecule has 0 aromatic carbocycles. The lowest BCUT2D eigenvalue weighted by Gasteiger charge is -2.50. The van der Waals surface area contributed by atoms with Gasteiger partial charge in [0.25, 0.3) is 0 Å². The number of methoxy groups -OCH3 is 1. The number of hydrogen-bond acceptors (Lipinski definition) is 4. The molecule has 0 unspecified atom stereocenters. The molecule has 0 aromatic rings. The Bertz CT molecular complexity index is 250. The Morgan fingerprint density at radius 3 is 2.71 bits per heavy atom. The smallest absolute Gasteiger partial charge is 0.234 e. The molecule has 0 atom stereocenters. The van der Waals surface area contributed by atoms with Crippen LogP contribution in [0.25, 0.3) is 0 Å². The molecule has 1 fully saturated rings. The zero-order valence-corrected chi connectivity index (χ0v) is 11.2. The predicted molar refractivity (Wildman–Crippen MR) is 67.7 cm³/mol. The Balaban J connectivity index is 2.10. The Morgan fingerprint density at radius 1 is 1.53 bits per heavy atom. The summed E-state index contributed by atoms with van der Waals surface area (Å²) in [6.45, 7) is 7.71. The first-order valence-corrected chi connectivity index (χ1v) is 6.25. The first-order chi connectivity index (χ1) is 7.98. The van der Waals surface area contributed by atoms with E-state index in [1.54, 1.807) is 7.11 Å². The third-order valence-corrected chi connectivity index (χ3v) is 3.40. The van der Waals surface area contributed by atoms with Crippen molar-refractivity contribution in [2.24, 2.45) is 11.7 Å². The van der Waals surface area contributed by atoms with Crippen LogP contribution in [0.4, 0.5) is 0 Å². The first kappa shape index (κ1) is 14.4. The summed E-state index contributed by atoms with van der Waals surface area (Å²) < 4.78 is 4.91. The topological polar surface area (TPSA) is 67.6 Å². The van der Waals surface area contributed by atoms with Crippen LogP contribution < -0.4 is 11.1 Å². The van der Waals surface area contributed by atoms with E-state index in [-0.39, 0.29) is 11.4 Å². The number of nitrogens with zero attached hydrogens (tertiary/aromatic N) is 1. The third kappa shape index (κ3) is 4.26. The molecular weight excluding hydrogens is 218 g/mol. The van der Waals surface area contributed by atoms with Gasteiger partial charge < -0.3 is 15.8 Å². The zero-order chi connectivity index (χ0) is 12.9. The number of nitrogens with two attached hydrogens (primary N) is 1. The first-order valence-electron chi connectivity index (χ1n) is 6.25. The van der Waals surface area contributed by atoms with Gasteiger partial charge in [0.2, 0.25) is 5.91 Å². The summed E-state index contributed by atoms with van der Waals surface area (Å²) in [5.74, 6) is 0.537. The normalized spacial score (nSPS) is 19.1. The average Bonchev–Trinajstić information content (AvgIpc) is 2.21. The monoisotopic (exact) mass is 243 g/mol. The van der Waals surface area contributed by atoms with Crippen LogP contribution in [0.5, 0.6) is 0 Å². The number of ether oxygens (including phenoxy) is 1. The lowest BCUT2D eigenvalue weighted by Crippen LogP contribution is -2.70. The van der Waals surface area contributed by atoms with Crippen molar-refractivity contribution in [3.63, 3.8) is 0 Å². The van der Waals surface area contributed by atoms with E-state index in [2.05, 4.69) is 24.1 Å². The van der Waals surface area contributed by atoms with Gasteiger partial charge in [-0.05, 0) is 12.3 Å². The molecular formula is C12H25N3O2. The second-order valence-corrected chi connectivity index (χ2v) is 5.23. The van der Waals surface area contributed by atoms with Crippen LogP contribution in [0.3, 0.4) is 0 Å². The molecule has 5 nitrogen and oxygen atoms in total. The minimum Gasteiger partial charge on any atom is -0.385 e. The van der Waals surface area contributed by atoms with Crippen molar-refractivity contribution in [2.75, 3.05) is 39.9 Å². The van der Waals surface area contributed by atoms with Crippen molar-refractivity contribution in [1.82, 2.24) is 10.2 Å². The molecule has 0 saturated carbocycles. The van der Waals surface area contributed by atoms with E-state index >= 15 is 0 Å². The molecule has 1 heterocycles. The number of amides is 1. The maximum Gasteiger partial charge on any atom is 0.234 e. The van der Waals surface area contributed by atoms with Crippen molar-refractivity contribution in [3.8, 4) is 0 Å². The Labute approximate surface area is 104 Å². The Hall–Kier alpha value is -0.650. The van der Waals surface area contributed by atoms with E-state index in [1.165, 1.54) is 0 Å². The van der Waals surface area contributed by atoms with Crippen LogP contribution in [-0.2, 0) is 9.53 Å². The molecule has 17 heavy (non-hydrogen) atoms. The lowest BCUT2D eigenvalue weighted by molar-refractivity contribution is -0.124. The summed E-state index contributed by atoms with van der Waals surface area (Å²) in [7, 11) is 1.66. The van der Waals surface area contributed by atoms with E-state index in [0.717, 1.165) is 19.5 Å². The SMILES string of the molecule is COCCCNC(=O)CN1CC(N)(C(C)C)C1. The number of hydrogen-bond donors (Lipinski definition) is 2. The van der Waals surface area contributed by atoms with Gasteiger partial charge in [-0.2, -0.15) is 0 Å². The highest BCUT2D eigenvalue weighted by Gasteiger charge is 2.42. The van der Waals surface area contributed by atoms with Crippen molar-refractivity contribution in [3.05, 3.63) is 0 Å². The zero-order valence-electron chi connectivity index (χ0n) is 11.2. The van der Waals surface area contributed by atoms with Crippen LogP contribution in [-0.4, -0.2) is 56.2 Å². The lowest BCUT2D eigenvalue weighted by atomic mass is 9.80. The van der Waals surface area contributed by atoms with Crippen molar-refractivity contribution < 1.29 is 9.53 Å². The molecule has 100 valence electrons. The molecule has 1 saturated heterocycles. The summed E-state index contributed by atoms with van der Waals surface area (Å²) >= 11 is 0. The van der Waals surface area contributed by atoms with Crippen LogP contribution in [0.2, 0.25) is 0 Å². The Kier molecular flexibility index (Phi) is 5.36. The fraction of sp³-hybridized carbons (Fsp3) is 0.917. The minimum absolute atomic E-state index is 0.0758. The van der Waals surface area contributed by atoms with Gasteiger partial charge in [-0.15, -0.1) is 0 Å². The number of carbonyl (C=O) groups excluding carboxylic acids is 1. The standard InChI is InChI=1S/C12H25N3O2/c1-10(2)12(13)8-15(9-12)7-11(16)14-5-4-6-17-3/h10H,4-9,13H2,1-3H3,(H,14,16). The molecule has 0 aromatic heterocycles. The summed E-state index contributed by atoms with van der Waals surface area (Å²) in [5, 5.41) is 2.87. The quantitative estimate of drug-likeness (QED) is 0.608. The molecule has 0 spiro atoms. The largest absolute Gasteiger partial charge is 0.385 e. The van der Waals surface area contributed by atoms with Gasteiger partial charge in [-0.25, -0.2) is 0 Å².